The van der Waals surface area contributed by atoms with Gasteiger partial charge in [-0.15, -0.1) is 0 Å². The molecule has 0 spiro atoms. The molecule has 0 saturated carbocycles. The van der Waals surface area contributed by atoms with E-state index in [2.05, 4.69) is 138 Å². The molecule has 1 aliphatic rings. The van der Waals surface area contributed by atoms with Crippen LogP contribution in [0.5, 0.6) is 0 Å². The van der Waals surface area contributed by atoms with Crippen molar-refractivity contribution in [2.45, 2.75) is 183 Å². The molecule has 52 heavy (non-hydrogen) atoms. The van der Waals surface area contributed by atoms with Crippen molar-refractivity contribution in [2.75, 3.05) is 52.9 Å². The summed E-state index contributed by atoms with van der Waals surface area (Å²) in [6, 6.07) is 2.81. The zero-order valence-electron chi connectivity index (χ0n) is 38.1. The summed E-state index contributed by atoms with van der Waals surface area (Å²) in [6.07, 6.45) is 0. The van der Waals surface area contributed by atoms with Gasteiger partial charge in [-0.3, -0.25) is 0 Å². The molecule has 12 heteroatoms. The summed E-state index contributed by atoms with van der Waals surface area (Å²) in [5.41, 5.74) is 0. The van der Waals surface area contributed by atoms with Crippen molar-refractivity contribution in [3.8, 4) is 0 Å². The normalized spacial score (nSPS) is 27.2. The van der Waals surface area contributed by atoms with Gasteiger partial charge in [0.05, 0.1) is 0 Å². The molecule has 0 aliphatic carbocycles. The van der Waals surface area contributed by atoms with Gasteiger partial charge in [0.25, 0.3) is 0 Å². The van der Waals surface area contributed by atoms with Gasteiger partial charge >= 0.3 is 34.2 Å². The van der Waals surface area contributed by atoms with E-state index < -0.39 is 34.2 Å². The Balaban J connectivity index is 4.29. The quantitative estimate of drug-likeness (QED) is 0.0889. The number of hydrogen-bond donors (Lipinski definition) is 0. The van der Waals surface area contributed by atoms with E-state index >= 15 is 0 Å². The minimum Gasteiger partial charge on any atom is -0.415 e. The van der Waals surface area contributed by atoms with E-state index in [1.54, 1.807) is 0 Å². The number of hydrogen-bond acceptors (Lipinski definition) is 8. The van der Waals surface area contributed by atoms with E-state index in [0.717, 1.165) is 0 Å². The fourth-order valence-corrected chi connectivity index (χ4v) is 34.8. The first-order valence-electron chi connectivity index (χ1n) is 20.6. The fourth-order valence-electron chi connectivity index (χ4n) is 6.38. The van der Waals surface area contributed by atoms with Crippen molar-refractivity contribution in [1.29, 1.82) is 0 Å². The third-order valence-electron chi connectivity index (χ3n) is 10.00. The molecule has 0 unspecified atom stereocenters. The van der Waals surface area contributed by atoms with E-state index in [1.807, 2.05) is 0 Å². The predicted octanol–water partition coefficient (Wildman–Crippen LogP) is 11.7. The lowest BCUT2D eigenvalue weighted by atomic mass is 10.2. The van der Waals surface area contributed by atoms with Crippen LogP contribution in [0.4, 0.5) is 0 Å². The van der Waals surface area contributed by atoms with Gasteiger partial charge in [0.2, 0.25) is 0 Å². The van der Waals surface area contributed by atoms with Crippen molar-refractivity contribution in [3.05, 3.63) is 0 Å². The zero-order chi connectivity index (χ0) is 40.5. The van der Waals surface area contributed by atoms with E-state index in [-0.39, 0.29) is 20.2 Å². The van der Waals surface area contributed by atoms with Crippen molar-refractivity contribution < 1.29 is 35.4 Å². The lowest BCUT2D eigenvalue weighted by Crippen LogP contribution is -2.77. The summed E-state index contributed by atoms with van der Waals surface area (Å²) < 4.78 is 58.3. The second kappa shape index (κ2) is 20.3. The third kappa shape index (κ3) is 14.5. The maximum Gasteiger partial charge on any atom is 0.328 e. The van der Waals surface area contributed by atoms with Crippen molar-refractivity contribution >= 4 is 34.2 Å². The Morgan fingerprint density at radius 3 is 0.596 bits per heavy atom. The Labute approximate surface area is 327 Å². The van der Waals surface area contributed by atoms with Gasteiger partial charge < -0.3 is 35.4 Å². The van der Waals surface area contributed by atoms with Crippen molar-refractivity contribution in [2.24, 2.45) is 23.7 Å². The zero-order valence-corrected chi connectivity index (χ0v) is 42.1. The van der Waals surface area contributed by atoms with Crippen LogP contribution in [0.15, 0.2) is 0 Å². The van der Waals surface area contributed by atoms with Gasteiger partial charge in [-0.25, -0.2) is 0 Å². The molecule has 1 rings (SSSR count). The van der Waals surface area contributed by atoms with Crippen LogP contribution in [0.25, 0.3) is 0 Å². The Morgan fingerprint density at radius 1 is 0.327 bits per heavy atom. The molecule has 312 valence electrons. The Bertz CT molecular complexity index is 841. The van der Waals surface area contributed by atoms with Crippen LogP contribution in [0, 0.1) is 23.7 Å². The Kier molecular flexibility index (Phi) is 19.7. The second-order valence-corrected chi connectivity index (χ2v) is 38.6. The molecular formula is C40H88O8Si4. The molecule has 1 fully saturated rings. The molecule has 0 atom stereocenters. The van der Waals surface area contributed by atoms with Crippen LogP contribution in [-0.4, -0.2) is 87.1 Å². The monoisotopic (exact) mass is 809 g/mol. The number of rotatable bonds is 20. The summed E-state index contributed by atoms with van der Waals surface area (Å²) >= 11 is 0. The molecule has 8 nitrogen and oxygen atoms in total. The van der Waals surface area contributed by atoms with Crippen LogP contribution < -0.4 is 0 Å². The van der Waals surface area contributed by atoms with Gasteiger partial charge in [0, 0.05) is 97.2 Å². The second-order valence-electron chi connectivity index (χ2n) is 21.3. The molecule has 1 aliphatic heterocycles. The maximum atomic E-state index is 8.18. The van der Waals surface area contributed by atoms with Crippen LogP contribution >= 0.6 is 0 Å². The Hall–Kier alpha value is 0.548. The highest BCUT2D eigenvalue weighted by Crippen LogP contribution is 2.59. The van der Waals surface area contributed by atoms with Crippen LogP contribution in [0.3, 0.4) is 0 Å². The molecular weight excluding hydrogens is 721 g/mol. The highest BCUT2D eigenvalue weighted by molar-refractivity contribution is 6.97. The predicted molar refractivity (Wildman–Crippen MR) is 228 cm³/mol. The topological polar surface area (TPSA) is 73.8 Å². The van der Waals surface area contributed by atoms with E-state index in [9.17, 15) is 0 Å². The van der Waals surface area contributed by atoms with Crippen LogP contribution in [0.1, 0.15) is 138 Å². The molecule has 0 aromatic rings. The van der Waals surface area contributed by atoms with E-state index in [0.29, 0.717) is 101 Å². The summed E-state index contributed by atoms with van der Waals surface area (Å²) in [5.74, 6) is 1.77. The lowest BCUT2D eigenvalue weighted by molar-refractivity contribution is 0.0895. The summed E-state index contributed by atoms with van der Waals surface area (Å²) in [7, 11) is -13.0. The lowest BCUT2D eigenvalue weighted by Gasteiger charge is -2.62. The first kappa shape index (κ1) is 50.6. The number of ether oxygens (including phenoxy) is 4. The SMILES string of the molecule is CC(C)COCC[Si]1(C(C)(C)C)O[Si](CCOCC(C)C)(C(C)(C)C)O[Si](CCOCC(C)C)(C(C)(C)C)O[Si](CCOCC(C)C)(C(C)(C)C)O1. The van der Waals surface area contributed by atoms with Gasteiger partial charge in [-0.1, -0.05) is 138 Å². The minimum absolute atomic E-state index is 0.310. The molecule has 0 N–H and O–H groups in total. The average Bonchev–Trinajstić information content (AvgIpc) is 2.93. The smallest absolute Gasteiger partial charge is 0.328 e. The summed E-state index contributed by atoms with van der Waals surface area (Å²) in [4.78, 5) is 0. The molecule has 0 radical (unpaired) electrons. The third-order valence-corrected chi connectivity index (χ3v) is 33.1. The molecule has 0 aromatic heterocycles. The standard InChI is InChI=1S/C40H88O8Si4/c1-33(2)29-41-21-25-49(37(9,10)11)45-50(38(12,13)14,26-22-42-30-34(3)4)47-52(40(18,19)20,28-24-44-32-36(7)8)48-51(46-49,39(15,16)17)27-23-43-31-35(5)6/h33-36H,21-32H2,1-20H3. The van der Waals surface area contributed by atoms with Gasteiger partial charge in [0.15, 0.2) is 0 Å². The van der Waals surface area contributed by atoms with Crippen LogP contribution in [0.2, 0.25) is 44.3 Å². The molecule has 0 bridgehead atoms. The van der Waals surface area contributed by atoms with E-state index in [4.69, 9.17) is 35.4 Å². The van der Waals surface area contributed by atoms with Gasteiger partial charge in [0.1, 0.15) is 0 Å². The average molecular weight is 809 g/mol. The fraction of sp³-hybridized carbons (Fsp3) is 1.00. The highest BCUT2D eigenvalue weighted by atomic mass is 28.5. The Morgan fingerprint density at radius 2 is 0.481 bits per heavy atom. The maximum absolute atomic E-state index is 8.18. The largest absolute Gasteiger partial charge is 0.415 e. The van der Waals surface area contributed by atoms with Gasteiger partial charge in [-0.05, 0) is 23.7 Å². The summed E-state index contributed by atoms with van der Waals surface area (Å²) in [6.45, 7) is 50.4. The molecule has 1 heterocycles. The van der Waals surface area contributed by atoms with Crippen molar-refractivity contribution in [3.63, 3.8) is 0 Å². The first-order valence-corrected chi connectivity index (χ1v) is 28.7. The molecule has 0 amide bonds. The summed E-state index contributed by atoms with van der Waals surface area (Å²) in [5, 5.41) is -1.24. The van der Waals surface area contributed by atoms with E-state index in [1.165, 1.54) is 0 Å². The van der Waals surface area contributed by atoms with Crippen molar-refractivity contribution in [1.82, 2.24) is 0 Å². The molecule has 0 aromatic carbocycles. The van der Waals surface area contributed by atoms with Gasteiger partial charge in [-0.2, -0.15) is 0 Å². The highest BCUT2D eigenvalue weighted by Gasteiger charge is 2.71. The molecule has 1 saturated heterocycles. The van der Waals surface area contributed by atoms with Crippen LogP contribution in [-0.2, 0) is 35.4 Å². The minimum atomic E-state index is -3.24. The first-order chi connectivity index (χ1) is 23.5.